The highest BCUT2D eigenvalue weighted by molar-refractivity contribution is 6.24. The topological polar surface area (TPSA) is 55.2 Å². The third-order valence-electron chi connectivity index (χ3n) is 1.45. The van der Waals surface area contributed by atoms with E-state index in [4.69, 9.17) is 11.8 Å². The maximum absolute atomic E-state index is 10.4. The lowest BCUT2D eigenvalue weighted by molar-refractivity contribution is -0.383. The van der Waals surface area contributed by atoms with Gasteiger partial charge >= 0.3 is 0 Å². The molecule has 1 rings (SSSR count). The van der Waals surface area contributed by atoms with Crippen LogP contribution in [0.3, 0.4) is 0 Å². The molecule has 0 bridgehead atoms. The van der Waals surface area contributed by atoms with Crippen molar-refractivity contribution in [2.45, 2.75) is 6.92 Å². The van der Waals surface area contributed by atoms with E-state index in [0.717, 1.165) is 5.56 Å². The van der Waals surface area contributed by atoms with Gasteiger partial charge in [0.25, 0.3) is 5.69 Å². The summed E-state index contributed by atoms with van der Waals surface area (Å²) < 4.78 is 0. The zero-order chi connectivity index (χ0) is 9.14. The molecule has 0 radical (unpaired) electrons. The van der Waals surface area contributed by atoms with Crippen molar-refractivity contribution in [1.29, 1.82) is 0 Å². The van der Waals surface area contributed by atoms with E-state index >= 15 is 0 Å². The number of benzene rings is 1. The first kappa shape index (κ1) is 8.80. The van der Waals surface area contributed by atoms with Crippen LogP contribution in [0.25, 0.3) is 0 Å². The number of nitro groups is 1. The van der Waals surface area contributed by atoms with Crippen molar-refractivity contribution in [3.8, 4) is 0 Å². The molecular weight excluding hydrogens is 180 g/mol. The van der Waals surface area contributed by atoms with Crippen molar-refractivity contribution in [3.05, 3.63) is 33.9 Å². The van der Waals surface area contributed by atoms with Crippen molar-refractivity contribution >= 4 is 23.2 Å². The van der Waals surface area contributed by atoms with Crippen LogP contribution in [0.1, 0.15) is 5.56 Å². The van der Waals surface area contributed by atoms with Crippen LogP contribution in [0.5, 0.6) is 0 Å². The van der Waals surface area contributed by atoms with Gasteiger partial charge < -0.3 is 0 Å². The van der Waals surface area contributed by atoms with E-state index in [2.05, 4.69) is 4.84 Å². The van der Waals surface area contributed by atoms with E-state index in [1.807, 2.05) is 0 Å². The van der Waals surface area contributed by atoms with Gasteiger partial charge in [0, 0.05) is 17.8 Å². The lowest BCUT2D eigenvalue weighted by Crippen LogP contribution is -1.93. The minimum absolute atomic E-state index is 0.00926. The summed E-state index contributed by atoms with van der Waals surface area (Å²) in [5.41, 5.74) is 1.13. The van der Waals surface area contributed by atoms with Gasteiger partial charge in [-0.25, -0.2) is 0 Å². The van der Waals surface area contributed by atoms with Crippen LogP contribution in [0, 0.1) is 17.0 Å². The van der Waals surface area contributed by atoms with Crippen LogP contribution in [-0.2, 0) is 0 Å². The van der Waals surface area contributed by atoms with E-state index in [1.165, 1.54) is 6.07 Å². The number of anilines is 1. The summed E-state index contributed by atoms with van der Waals surface area (Å²) in [4.78, 5) is 12.2. The van der Waals surface area contributed by atoms with E-state index in [0.29, 0.717) is 5.69 Å². The van der Waals surface area contributed by atoms with Crippen LogP contribution >= 0.6 is 11.8 Å². The highest BCUT2D eigenvalue weighted by Crippen LogP contribution is 2.25. The first-order valence-corrected chi connectivity index (χ1v) is 3.64. The Labute approximate surface area is 74.4 Å². The van der Waals surface area contributed by atoms with Gasteiger partial charge in [-0.3, -0.25) is 15.0 Å². The molecule has 5 heteroatoms. The Morgan fingerprint density at radius 2 is 2.25 bits per heavy atom. The van der Waals surface area contributed by atoms with Crippen LogP contribution in [-0.4, -0.2) is 4.92 Å². The maximum Gasteiger partial charge on any atom is 0.293 e. The molecule has 0 amide bonds. The fourth-order valence-corrected chi connectivity index (χ4v) is 1.03. The fourth-order valence-electron chi connectivity index (χ4n) is 0.873. The molecule has 0 heterocycles. The van der Waals surface area contributed by atoms with Gasteiger partial charge in [-0.05, 0) is 18.6 Å². The van der Waals surface area contributed by atoms with Gasteiger partial charge in [0.1, 0.15) is 5.69 Å². The quantitative estimate of drug-likeness (QED) is 0.439. The van der Waals surface area contributed by atoms with Gasteiger partial charge in [-0.15, -0.1) is 0 Å². The second-order valence-corrected chi connectivity index (χ2v) is 2.56. The van der Waals surface area contributed by atoms with E-state index in [-0.39, 0.29) is 5.69 Å². The Hall–Kier alpha value is -1.29. The molecule has 0 aliphatic rings. The Kier molecular flexibility index (Phi) is 2.50. The van der Waals surface area contributed by atoms with Crippen molar-refractivity contribution in [1.82, 2.24) is 0 Å². The van der Waals surface area contributed by atoms with Crippen LogP contribution < -0.4 is 4.84 Å². The normalized spacial score (nSPS) is 9.50. The molecule has 0 aliphatic heterocycles. The average Bonchev–Trinajstić information content (AvgIpc) is 2.04. The standard InChI is InChI=1S/C7H7ClN2O2/c1-5-2-3-6(9-8)7(4-5)10(11)12/h2-4,9H,1H3. The Morgan fingerprint density at radius 1 is 1.58 bits per heavy atom. The summed E-state index contributed by atoms with van der Waals surface area (Å²) >= 11 is 5.27. The second kappa shape index (κ2) is 3.40. The predicted molar refractivity (Wildman–Crippen MR) is 47.3 cm³/mol. The van der Waals surface area contributed by atoms with Crippen LogP contribution in [0.4, 0.5) is 11.4 Å². The molecule has 0 fully saturated rings. The summed E-state index contributed by atoms with van der Waals surface area (Å²) in [6, 6.07) is 4.78. The molecule has 1 N–H and O–H groups in total. The Morgan fingerprint density at radius 3 is 2.75 bits per heavy atom. The third kappa shape index (κ3) is 1.65. The van der Waals surface area contributed by atoms with Gasteiger partial charge in [0.05, 0.1) is 4.92 Å². The van der Waals surface area contributed by atoms with Crippen LogP contribution in [0.2, 0.25) is 0 Å². The predicted octanol–water partition coefficient (Wildman–Crippen LogP) is 2.47. The summed E-state index contributed by atoms with van der Waals surface area (Å²) in [7, 11) is 0. The largest absolute Gasteiger partial charge is 0.293 e. The molecule has 1 aromatic rings. The molecule has 1 aromatic carbocycles. The number of nitro benzene ring substituents is 1. The molecule has 0 atom stereocenters. The summed E-state index contributed by atoms with van der Waals surface area (Å²) in [6.07, 6.45) is 0. The number of aryl methyl sites for hydroxylation is 1. The molecule has 0 saturated heterocycles. The smallest absolute Gasteiger partial charge is 0.292 e. The third-order valence-corrected chi connectivity index (χ3v) is 1.66. The average molecular weight is 187 g/mol. The summed E-state index contributed by atoms with van der Waals surface area (Å²) in [5, 5.41) is 10.4. The van der Waals surface area contributed by atoms with Crippen molar-refractivity contribution < 1.29 is 4.92 Å². The molecule has 0 saturated carbocycles. The fraction of sp³-hybridized carbons (Fsp3) is 0.143. The lowest BCUT2D eigenvalue weighted by Gasteiger charge is -1.99. The minimum Gasteiger partial charge on any atom is -0.292 e. The lowest BCUT2D eigenvalue weighted by atomic mass is 10.2. The summed E-state index contributed by atoms with van der Waals surface area (Å²) in [5.74, 6) is 0. The van der Waals surface area contributed by atoms with E-state index in [9.17, 15) is 10.1 Å². The minimum atomic E-state index is -0.474. The number of nitrogens with one attached hydrogen (secondary N) is 1. The Balaban J connectivity index is 3.21. The Bertz CT molecular complexity index is 314. The van der Waals surface area contributed by atoms with Gasteiger partial charge in [0.15, 0.2) is 0 Å². The van der Waals surface area contributed by atoms with E-state index < -0.39 is 4.92 Å². The van der Waals surface area contributed by atoms with Crippen molar-refractivity contribution in [2.24, 2.45) is 0 Å². The zero-order valence-electron chi connectivity index (χ0n) is 6.37. The number of rotatable bonds is 2. The van der Waals surface area contributed by atoms with E-state index in [1.54, 1.807) is 19.1 Å². The molecular formula is C7H7ClN2O2. The number of hydrogen-bond donors (Lipinski definition) is 1. The zero-order valence-corrected chi connectivity index (χ0v) is 7.13. The van der Waals surface area contributed by atoms with Gasteiger partial charge in [0.2, 0.25) is 0 Å². The second-order valence-electron chi connectivity index (χ2n) is 2.37. The highest BCUT2D eigenvalue weighted by Gasteiger charge is 2.11. The SMILES string of the molecule is Cc1ccc(NCl)c([N+](=O)[O-])c1. The molecule has 0 aliphatic carbocycles. The molecule has 4 nitrogen and oxygen atoms in total. The number of nitrogens with zero attached hydrogens (tertiary/aromatic N) is 1. The molecule has 0 unspecified atom stereocenters. The van der Waals surface area contributed by atoms with Crippen LogP contribution in [0.15, 0.2) is 18.2 Å². The molecule has 0 spiro atoms. The van der Waals surface area contributed by atoms with Gasteiger partial charge in [-0.2, -0.15) is 0 Å². The highest BCUT2D eigenvalue weighted by atomic mass is 35.5. The molecule has 12 heavy (non-hydrogen) atoms. The first-order valence-electron chi connectivity index (χ1n) is 3.27. The maximum atomic E-state index is 10.4. The summed E-state index contributed by atoms with van der Waals surface area (Å²) in [6.45, 7) is 1.78. The first-order chi connectivity index (χ1) is 5.65. The van der Waals surface area contributed by atoms with Crippen molar-refractivity contribution in [3.63, 3.8) is 0 Å². The number of hydrogen-bond acceptors (Lipinski definition) is 3. The van der Waals surface area contributed by atoms with Gasteiger partial charge in [-0.1, -0.05) is 6.07 Å². The molecule has 0 aromatic heterocycles. The molecule has 64 valence electrons. The monoisotopic (exact) mass is 186 g/mol. The number of halogens is 1. The van der Waals surface area contributed by atoms with Crippen molar-refractivity contribution in [2.75, 3.05) is 4.84 Å².